The zero-order valence-electron chi connectivity index (χ0n) is 15.8. The van der Waals surface area contributed by atoms with Crippen LogP contribution < -0.4 is 0 Å². The summed E-state index contributed by atoms with van der Waals surface area (Å²) < 4.78 is 2.35. The van der Waals surface area contributed by atoms with Gasteiger partial charge in [0.1, 0.15) is 0 Å². The highest BCUT2D eigenvalue weighted by molar-refractivity contribution is 6.11. The molecule has 0 saturated carbocycles. The highest BCUT2D eigenvalue weighted by atomic mass is 15.0. The van der Waals surface area contributed by atoms with Crippen molar-refractivity contribution in [2.75, 3.05) is 0 Å². The molecule has 0 aliphatic heterocycles. The number of aryl methyl sites for hydroxylation is 3. The molecule has 0 atom stereocenters. The normalized spacial score (nSPS) is 11.2. The summed E-state index contributed by atoms with van der Waals surface area (Å²) in [6, 6.07) is 18.8. The average molecular weight is 354 g/mol. The van der Waals surface area contributed by atoms with Crippen LogP contribution in [-0.2, 0) is 6.54 Å². The van der Waals surface area contributed by atoms with Crippen LogP contribution in [0.1, 0.15) is 27.8 Å². The second-order valence-corrected chi connectivity index (χ2v) is 7.17. The number of aromatic nitrogens is 1. The van der Waals surface area contributed by atoms with Crippen LogP contribution in [0.25, 0.3) is 21.8 Å². The Bertz CT molecular complexity index is 1190. The van der Waals surface area contributed by atoms with Crippen molar-refractivity contribution in [3.63, 3.8) is 0 Å². The summed E-state index contributed by atoms with van der Waals surface area (Å²) in [6.07, 6.45) is 0. The van der Waals surface area contributed by atoms with Gasteiger partial charge in [-0.05, 0) is 61.7 Å². The molecule has 0 aliphatic carbocycles. The number of para-hydroxylation sites is 1. The predicted octanol–water partition coefficient (Wildman–Crippen LogP) is 6.12. The zero-order valence-corrected chi connectivity index (χ0v) is 15.8. The molecule has 0 fully saturated rings. The molecule has 27 heavy (non-hydrogen) atoms. The molecular weight excluding hydrogens is 332 g/mol. The van der Waals surface area contributed by atoms with Gasteiger partial charge < -0.3 is 4.57 Å². The van der Waals surface area contributed by atoms with Crippen molar-refractivity contribution in [3.05, 3.63) is 82.4 Å². The molecule has 0 radical (unpaired) electrons. The fourth-order valence-corrected chi connectivity index (χ4v) is 4.05. The van der Waals surface area contributed by atoms with Crippen LogP contribution in [0.5, 0.6) is 0 Å². The monoisotopic (exact) mass is 354 g/mol. The Labute approximate surface area is 158 Å². The molecule has 4 nitrogen and oxygen atoms in total. The molecule has 0 amide bonds. The first-order valence-corrected chi connectivity index (χ1v) is 9.03. The zero-order chi connectivity index (χ0) is 19.1. The summed E-state index contributed by atoms with van der Waals surface area (Å²) >= 11 is 0. The van der Waals surface area contributed by atoms with E-state index >= 15 is 0 Å². The first kappa shape index (κ1) is 17.2. The topological polar surface area (TPSA) is 65.0 Å². The second kappa shape index (κ2) is 6.47. The number of hydrogen-bond donors (Lipinski definition) is 2. The SMILES string of the molecule is Cc1cc(C)c(Cn2c3ccccc3c3cc(C(=N)N=N)ccc32)c(C)c1. The maximum absolute atomic E-state index is 7.86. The number of rotatable bonds is 3. The number of amidine groups is 1. The van der Waals surface area contributed by atoms with E-state index in [4.69, 9.17) is 10.9 Å². The molecule has 4 aromatic rings. The Morgan fingerprint density at radius 1 is 0.889 bits per heavy atom. The average Bonchev–Trinajstić information content (AvgIpc) is 2.97. The van der Waals surface area contributed by atoms with Crippen LogP contribution in [0, 0.1) is 31.7 Å². The smallest absolute Gasteiger partial charge is 0.173 e. The van der Waals surface area contributed by atoms with Gasteiger partial charge in [-0.2, -0.15) is 0 Å². The molecule has 0 bridgehead atoms. The summed E-state index contributed by atoms with van der Waals surface area (Å²) in [4.78, 5) is 0. The summed E-state index contributed by atoms with van der Waals surface area (Å²) in [5.74, 6) is -0.0149. The summed E-state index contributed by atoms with van der Waals surface area (Å²) in [5, 5.41) is 13.4. The van der Waals surface area contributed by atoms with Crippen LogP contribution >= 0.6 is 0 Å². The van der Waals surface area contributed by atoms with Crippen molar-refractivity contribution < 1.29 is 0 Å². The van der Waals surface area contributed by atoms with E-state index in [-0.39, 0.29) is 5.84 Å². The third kappa shape index (κ3) is 2.83. The van der Waals surface area contributed by atoms with E-state index in [0.29, 0.717) is 5.56 Å². The van der Waals surface area contributed by atoms with E-state index in [1.807, 2.05) is 24.3 Å². The Balaban J connectivity index is 1.97. The maximum atomic E-state index is 7.86. The van der Waals surface area contributed by atoms with Crippen LogP contribution in [0.2, 0.25) is 0 Å². The lowest BCUT2D eigenvalue weighted by molar-refractivity contribution is 0.852. The Kier molecular flexibility index (Phi) is 4.11. The number of nitrogens with zero attached hydrogens (tertiary/aromatic N) is 2. The number of hydrogen-bond acceptors (Lipinski definition) is 2. The molecular formula is C23H22N4. The summed E-state index contributed by atoms with van der Waals surface area (Å²) in [6.45, 7) is 7.30. The van der Waals surface area contributed by atoms with Crippen molar-refractivity contribution >= 4 is 27.6 Å². The van der Waals surface area contributed by atoms with Gasteiger partial charge in [0.25, 0.3) is 0 Å². The minimum absolute atomic E-state index is 0.0149. The molecule has 2 N–H and O–H groups in total. The highest BCUT2D eigenvalue weighted by Crippen LogP contribution is 2.31. The lowest BCUT2D eigenvalue weighted by Gasteiger charge is -2.14. The van der Waals surface area contributed by atoms with Gasteiger partial charge in [-0.1, -0.05) is 35.9 Å². The Morgan fingerprint density at radius 3 is 2.26 bits per heavy atom. The van der Waals surface area contributed by atoms with Crippen molar-refractivity contribution in [2.24, 2.45) is 5.11 Å². The minimum Gasteiger partial charge on any atom is -0.336 e. The lowest BCUT2D eigenvalue weighted by Crippen LogP contribution is -2.04. The standard InChI is InChI=1S/C23H22N4/c1-14-10-15(2)20(16(3)11-14)13-27-21-7-5-4-6-18(21)19-12-17(23(24)26-25)8-9-22(19)27/h4-12,24-25H,13H2,1-3H3. The molecule has 134 valence electrons. The van der Waals surface area contributed by atoms with Crippen molar-refractivity contribution in [3.8, 4) is 0 Å². The molecule has 0 saturated heterocycles. The summed E-state index contributed by atoms with van der Waals surface area (Å²) in [7, 11) is 0. The van der Waals surface area contributed by atoms with Gasteiger partial charge in [0.2, 0.25) is 0 Å². The van der Waals surface area contributed by atoms with E-state index in [1.165, 1.54) is 27.8 Å². The van der Waals surface area contributed by atoms with Crippen LogP contribution in [0.15, 0.2) is 59.7 Å². The van der Waals surface area contributed by atoms with Crippen molar-refractivity contribution in [1.29, 1.82) is 10.9 Å². The van der Waals surface area contributed by atoms with E-state index in [1.54, 1.807) is 0 Å². The van der Waals surface area contributed by atoms with E-state index in [0.717, 1.165) is 22.8 Å². The van der Waals surface area contributed by atoms with Gasteiger partial charge in [0, 0.05) is 33.9 Å². The van der Waals surface area contributed by atoms with Gasteiger partial charge in [0.05, 0.1) is 0 Å². The highest BCUT2D eigenvalue weighted by Gasteiger charge is 2.14. The second-order valence-electron chi connectivity index (χ2n) is 7.17. The van der Waals surface area contributed by atoms with Gasteiger partial charge in [-0.15, -0.1) is 5.11 Å². The Hall–Kier alpha value is -3.27. The van der Waals surface area contributed by atoms with Gasteiger partial charge in [0.15, 0.2) is 5.84 Å². The molecule has 1 heterocycles. The Morgan fingerprint density at radius 2 is 1.56 bits per heavy atom. The number of benzene rings is 3. The maximum Gasteiger partial charge on any atom is 0.173 e. The summed E-state index contributed by atoms with van der Waals surface area (Å²) in [5.41, 5.74) is 15.4. The predicted molar refractivity (Wildman–Crippen MR) is 111 cm³/mol. The number of nitrogens with one attached hydrogen (secondary N) is 2. The third-order valence-corrected chi connectivity index (χ3v) is 5.31. The van der Waals surface area contributed by atoms with Gasteiger partial charge in [-0.3, -0.25) is 5.41 Å². The molecule has 0 unspecified atom stereocenters. The molecule has 3 aromatic carbocycles. The first-order chi connectivity index (χ1) is 13.0. The fraction of sp³-hybridized carbons (Fsp3) is 0.174. The molecule has 1 aromatic heterocycles. The van der Waals surface area contributed by atoms with Crippen molar-refractivity contribution in [2.45, 2.75) is 27.3 Å². The van der Waals surface area contributed by atoms with Crippen molar-refractivity contribution in [1.82, 2.24) is 4.57 Å². The van der Waals surface area contributed by atoms with Crippen LogP contribution in [0.4, 0.5) is 0 Å². The molecule has 4 heteroatoms. The van der Waals surface area contributed by atoms with E-state index in [2.05, 4.69) is 60.8 Å². The molecule has 0 spiro atoms. The largest absolute Gasteiger partial charge is 0.336 e. The quantitative estimate of drug-likeness (QED) is 0.253. The lowest BCUT2D eigenvalue weighted by atomic mass is 9.99. The van der Waals surface area contributed by atoms with Crippen LogP contribution in [0.3, 0.4) is 0 Å². The molecule has 4 rings (SSSR count). The third-order valence-electron chi connectivity index (χ3n) is 5.31. The first-order valence-electron chi connectivity index (χ1n) is 9.03. The van der Waals surface area contributed by atoms with Gasteiger partial charge >= 0.3 is 0 Å². The molecule has 0 aliphatic rings. The minimum atomic E-state index is -0.0149. The fourth-order valence-electron chi connectivity index (χ4n) is 4.05. The van der Waals surface area contributed by atoms with E-state index < -0.39 is 0 Å². The van der Waals surface area contributed by atoms with Gasteiger partial charge in [-0.25, -0.2) is 5.53 Å². The number of fused-ring (bicyclic) bond motifs is 3. The van der Waals surface area contributed by atoms with E-state index in [9.17, 15) is 0 Å². The van der Waals surface area contributed by atoms with Crippen LogP contribution in [-0.4, -0.2) is 10.4 Å².